The van der Waals surface area contributed by atoms with Gasteiger partial charge in [0.1, 0.15) is 5.75 Å². The third-order valence-electron chi connectivity index (χ3n) is 3.95. The molecule has 0 fully saturated rings. The summed E-state index contributed by atoms with van der Waals surface area (Å²) in [7, 11) is 0. The molecule has 144 valence electrons. The lowest BCUT2D eigenvalue weighted by Crippen LogP contribution is -2.13. The Hall–Kier alpha value is -2.82. The number of nitrogens with one attached hydrogen (secondary N) is 1. The van der Waals surface area contributed by atoms with Crippen LogP contribution in [0.3, 0.4) is 0 Å². The van der Waals surface area contributed by atoms with E-state index in [4.69, 9.17) is 9.47 Å². The summed E-state index contributed by atoms with van der Waals surface area (Å²) >= 11 is 0. The zero-order valence-corrected chi connectivity index (χ0v) is 15.8. The van der Waals surface area contributed by atoms with Crippen LogP contribution in [0.15, 0.2) is 54.6 Å². The summed E-state index contributed by atoms with van der Waals surface area (Å²) in [5.41, 5.74) is 1.95. The minimum atomic E-state index is -0.253. The van der Waals surface area contributed by atoms with Crippen LogP contribution in [-0.2, 0) is 20.7 Å². The number of carbonyl (C=O) groups excluding carboxylic acids is 2. The number of aryl methyl sites for hydroxylation is 1. The van der Waals surface area contributed by atoms with Gasteiger partial charge in [-0.2, -0.15) is 0 Å². The van der Waals surface area contributed by atoms with Crippen molar-refractivity contribution in [3.63, 3.8) is 0 Å². The molecule has 1 amide bonds. The SMILES string of the molecule is CCOc1ccc(NC(=O)CCCC(=O)OCCCc2ccccc2)cc1. The Balaban J connectivity index is 1.55. The molecule has 2 aromatic rings. The molecule has 5 heteroatoms. The topological polar surface area (TPSA) is 64.6 Å². The van der Waals surface area contributed by atoms with Crippen LogP contribution >= 0.6 is 0 Å². The summed E-state index contributed by atoms with van der Waals surface area (Å²) in [5, 5.41) is 2.81. The van der Waals surface area contributed by atoms with E-state index in [0.29, 0.717) is 25.3 Å². The van der Waals surface area contributed by atoms with Crippen molar-refractivity contribution in [2.45, 2.75) is 39.0 Å². The molecule has 0 atom stereocenters. The molecule has 0 unspecified atom stereocenters. The van der Waals surface area contributed by atoms with E-state index in [1.807, 2.05) is 37.3 Å². The number of ether oxygens (including phenoxy) is 2. The van der Waals surface area contributed by atoms with Gasteiger partial charge in [-0.15, -0.1) is 0 Å². The van der Waals surface area contributed by atoms with Gasteiger partial charge in [-0.1, -0.05) is 30.3 Å². The maximum absolute atomic E-state index is 11.9. The van der Waals surface area contributed by atoms with Crippen LogP contribution in [0.25, 0.3) is 0 Å². The number of hydrogen-bond acceptors (Lipinski definition) is 4. The highest BCUT2D eigenvalue weighted by molar-refractivity contribution is 5.90. The van der Waals surface area contributed by atoms with Gasteiger partial charge >= 0.3 is 5.97 Å². The Morgan fingerprint density at radius 3 is 2.37 bits per heavy atom. The molecule has 0 aromatic heterocycles. The molecule has 0 radical (unpaired) electrons. The molecule has 2 aromatic carbocycles. The van der Waals surface area contributed by atoms with Crippen molar-refractivity contribution in [1.82, 2.24) is 0 Å². The first-order valence-electron chi connectivity index (χ1n) is 9.39. The molecule has 2 rings (SSSR count). The maximum Gasteiger partial charge on any atom is 0.305 e. The molecular formula is C22H27NO4. The molecule has 0 bridgehead atoms. The Bertz CT molecular complexity index is 698. The predicted octanol–water partition coefficient (Wildman–Crippen LogP) is 4.37. The van der Waals surface area contributed by atoms with Crippen LogP contribution in [0.4, 0.5) is 5.69 Å². The molecular weight excluding hydrogens is 342 g/mol. The lowest BCUT2D eigenvalue weighted by Gasteiger charge is -2.07. The average molecular weight is 369 g/mol. The van der Waals surface area contributed by atoms with E-state index in [9.17, 15) is 9.59 Å². The summed E-state index contributed by atoms with van der Waals surface area (Å²) in [4.78, 5) is 23.7. The smallest absolute Gasteiger partial charge is 0.305 e. The normalized spacial score (nSPS) is 10.3. The van der Waals surface area contributed by atoms with Crippen molar-refractivity contribution in [2.24, 2.45) is 0 Å². The highest BCUT2D eigenvalue weighted by atomic mass is 16.5. The minimum absolute atomic E-state index is 0.115. The van der Waals surface area contributed by atoms with Gasteiger partial charge in [-0.25, -0.2) is 0 Å². The Morgan fingerprint density at radius 2 is 1.67 bits per heavy atom. The minimum Gasteiger partial charge on any atom is -0.494 e. The molecule has 5 nitrogen and oxygen atoms in total. The number of esters is 1. The number of anilines is 1. The van der Waals surface area contributed by atoms with Gasteiger partial charge in [0.05, 0.1) is 13.2 Å². The first-order valence-corrected chi connectivity index (χ1v) is 9.39. The van der Waals surface area contributed by atoms with Gasteiger partial charge in [0.15, 0.2) is 0 Å². The van der Waals surface area contributed by atoms with Gasteiger partial charge in [0.2, 0.25) is 5.91 Å². The van der Waals surface area contributed by atoms with Crippen LogP contribution in [-0.4, -0.2) is 25.1 Å². The number of hydrogen-bond donors (Lipinski definition) is 1. The molecule has 0 aliphatic carbocycles. The Morgan fingerprint density at radius 1 is 0.926 bits per heavy atom. The maximum atomic E-state index is 11.9. The van der Waals surface area contributed by atoms with Gasteiger partial charge in [0.25, 0.3) is 0 Å². The zero-order chi connectivity index (χ0) is 19.3. The number of rotatable bonds is 11. The first-order chi connectivity index (χ1) is 13.2. The number of carbonyl (C=O) groups is 2. The van der Waals surface area contributed by atoms with Crippen molar-refractivity contribution in [1.29, 1.82) is 0 Å². The van der Waals surface area contributed by atoms with Gasteiger partial charge in [0, 0.05) is 18.5 Å². The van der Waals surface area contributed by atoms with Crippen LogP contribution in [0, 0.1) is 0 Å². The summed E-state index contributed by atoms with van der Waals surface area (Å²) in [6, 6.07) is 17.3. The molecule has 0 saturated heterocycles. The van der Waals surface area contributed by atoms with Gasteiger partial charge in [-0.3, -0.25) is 9.59 Å². The van der Waals surface area contributed by atoms with Crippen molar-refractivity contribution < 1.29 is 19.1 Å². The summed E-state index contributed by atoms with van der Waals surface area (Å²) in [6.07, 6.45) is 2.70. The van der Waals surface area contributed by atoms with E-state index in [2.05, 4.69) is 17.4 Å². The monoisotopic (exact) mass is 369 g/mol. The van der Waals surface area contributed by atoms with E-state index < -0.39 is 0 Å². The van der Waals surface area contributed by atoms with Gasteiger partial charge in [-0.05, 0) is 56.0 Å². The van der Waals surface area contributed by atoms with E-state index in [0.717, 1.165) is 18.6 Å². The van der Waals surface area contributed by atoms with Crippen LogP contribution in [0.1, 0.15) is 38.2 Å². The number of benzene rings is 2. The lowest BCUT2D eigenvalue weighted by atomic mass is 10.1. The number of amides is 1. The van der Waals surface area contributed by atoms with E-state index in [1.54, 1.807) is 12.1 Å². The summed E-state index contributed by atoms with van der Waals surface area (Å²) in [6.45, 7) is 2.93. The molecule has 1 N–H and O–H groups in total. The van der Waals surface area contributed by atoms with Gasteiger partial charge < -0.3 is 14.8 Å². The van der Waals surface area contributed by atoms with Crippen molar-refractivity contribution in [3.05, 3.63) is 60.2 Å². The molecule has 0 saturated carbocycles. The second-order valence-corrected chi connectivity index (χ2v) is 6.17. The second-order valence-electron chi connectivity index (χ2n) is 6.17. The summed E-state index contributed by atoms with van der Waals surface area (Å²) in [5.74, 6) is 0.401. The third kappa shape index (κ3) is 8.40. The highest BCUT2D eigenvalue weighted by Crippen LogP contribution is 2.16. The van der Waals surface area contributed by atoms with E-state index in [-0.39, 0.29) is 24.7 Å². The van der Waals surface area contributed by atoms with E-state index >= 15 is 0 Å². The molecule has 0 spiro atoms. The standard InChI is InChI=1S/C22H27NO4/c1-2-26-20-15-13-19(14-16-20)23-21(24)11-6-12-22(25)27-17-7-10-18-8-4-3-5-9-18/h3-5,8-9,13-16H,2,6-7,10-12,17H2,1H3,(H,23,24). The quantitative estimate of drug-likeness (QED) is 0.472. The van der Waals surface area contributed by atoms with Crippen LogP contribution < -0.4 is 10.1 Å². The highest BCUT2D eigenvalue weighted by Gasteiger charge is 2.07. The second kappa shape index (κ2) is 11.7. The largest absolute Gasteiger partial charge is 0.494 e. The molecule has 0 aliphatic heterocycles. The fraction of sp³-hybridized carbons (Fsp3) is 0.364. The van der Waals surface area contributed by atoms with Crippen LogP contribution in [0.2, 0.25) is 0 Å². The fourth-order valence-electron chi connectivity index (χ4n) is 2.60. The first kappa shape index (κ1) is 20.5. The third-order valence-corrected chi connectivity index (χ3v) is 3.95. The lowest BCUT2D eigenvalue weighted by molar-refractivity contribution is -0.143. The average Bonchev–Trinajstić information content (AvgIpc) is 2.68. The Kier molecular flexibility index (Phi) is 8.90. The van der Waals surface area contributed by atoms with E-state index in [1.165, 1.54) is 5.56 Å². The zero-order valence-electron chi connectivity index (χ0n) is 15.8. The summed E-state index contributed by atoms with van der Waals surface area (Å²) < 4.78 is 10.6. The van der Waals surface area contributed by atoms with Crippen LogP contribution in [0.5, 0.6) is 5.75 Å². The Labute approximate surface area is 160 Å². The van der Waals surface area contributed by atoms with Crippen molar-refractivity contribution >= 4 is 17.6 Å². The molecule has 27 heavy (non-hydrogen) atoms. The predicted molar refractivity (Wildman–Crippen MR) is 106 cm³/mol. The molecule has 0 heterocycles. The van der Waals surface area contributed by atoms with Crippen molar-refractivity contribution in [2.75, 3.05) is 18.5 Å². The molecule has 0 aliphatic rings. The fourth-order valence-corrected chi connectivity index (χ4v) is 2.60. The van der Waals surface area contributed by atoms with Crippen molar-refractivity contribution in [3.8, 4) is 5.75 Å².